The Hall–Kier alpha value is -0.350. The van der Waals surface area contributed by atoms with E-state index >= 15 is 0 Å². The van der Waals surface area contributed by atoms with Crippen LogP contribution in [-0.2, 0) is 0 Å². The first kappa shape index (κ1) is 14.1. The van der Waals surface area contributed by atoms with E-state index in [1.54, 1.807) is 11.3 Å². The molecule has 0 aliphatic heterocycles. The van der Waals surface area contributed by atoms with Gasteiger partial charge in [0.1, 0.15) is 0 Å². The lowest BCUT2D eigenvalue weighted by molar-refractivity contribution is 0.499. The minimum atomic E-state index is 0.288. The van der Waals surface area contributed by atoms with E-state index in [9.17, 15) is 0 Å². The lowest BCUT2D eigenvalue weighted by Gasteiger charge is -2.20. The molecule has 0 aliphatic rings. The standard InChI is InChI=1S/C14H15BrClNS/c1-9(11-5-3-4-6-12(11)15)17-10(2)13-7-8-14(16)18-13/h3-10,17H,1-2H3/t9-,10?/m1/s1. The van der Waals surface area contributed by atoms with Crippen LogP contribution in [0.5, 0.6) is 0 Å². The lowest BCUT2D eigenvalue weighted by atomic mass is 10.1. The van der Waals surface area contributed by atoms with Gasteiger partial charge in [-0.1, -0.05) is 45.7 Å². The fraction of sp³-hybridized carbons (Fsp3) is 0.286. The van der Waals surface area contributed by atoms with Crippen molar-refractivity contribution >= 4 is 38.9 Å². The highest BCUT2D eigenvalue weighted by Gasteiger charge is 2.14. The van der Waals surface area contributed by atoms with Crippen LogP contribution in [0.25, 0.3) is 0 Å². The van der Waals surface area contributed by atoms with E-state index in [1.807, 2.05) is 12.1 Å². The second-order valence-electron chi connectivity index (χ2n) is 4.27. The summed E-state index contributed by atoms with van der Waals surface area (Å²) in [6.45, 7) is 4.33. The first-order chi connectivity index (χ1) is 8.58. The van der Waals surface area contributed by atoms with Crippen LogP contribution in [0.15, 0.2) is 40.9 Å². The number of rotatable bonds is 4. The SMILES string of the molecule is CC(N[C@H](C)c1ccccc1Br)c1ccc(Cl)s1. The van der Waals surface area contributed by atoms with Gasteiger partial charge in [-0.15, -0.1) is 11.3 Å². The zero-order valence-electron chi connectivity index (χ0n) is 10.3. The third kappa shape index (κ3) is 3.35. The van der Waals surface area contributed by atoms with Gasteiger partial charge in [0.2, 0.25) is 0 Å². The van der Waals surface area contributed by atoms with Gasteiger partial charge in [0, 0.05) is 21.4 Å². The summed E-state index contributed by atoms with van der Waals surface area (Å²) in [5, 5.41) is 3.59. The summed E-state index contributed by atoms with van der Waals surface area (Å²) in [6.07, 6.45) is 0. The molecule has 0 fully saturated rings. The third-order valence-electron chi connectivity index (χ3n) is 2.89. The van der Waals surface area contributed by atoms with E-state index in [-0.39, 0.29) is 6.04 Å². The van der Waals surface area contributed by atoms with E-state index in [1.165, 1.54) is 10.4 Å². The Kier molecular flexibility index (Phi) is 4.84. The minimum absolute atomic E-state index is 0.288. The van der Waals surface area contributed by atoms with Gasteiger partial charge < -0.3 is 5.32 Å². The molecule has 18 heavy (non-hydrogen) atoms. The Balaban J connectivity index is 2.08. The van der Waals surface area contributed by atoms with E-state index < -0.39 is 0 Å². The van der Waals surface area contributed by atoms with Crippen LogP contribution in [0, 0.1) is 0 Å². The normalized spacial score (nSPS) is 14.4. The molecule has 4 heteroatoms. The predicted molar refractivity (Wildman–Crippen MR) is 83.4 cm³/mol. The molecule has 2 atom stereocenters. The number of benzene rings is 1. The molecule has 0 spiro atoms. The second-order valence-corrected chi connectivity index (χ2v) is 6.87. The number of hydrogen-bond acceptors (Lipinski definition) is 2. The van der Waals surface area contributed by atoms with Gasteiger partial charge in [0.25, 0.3) is 0 Å². The first-order valence-corrected chi connectivity index (χ1v) is 7.82. The molecular weight excluding hydrogens is 330 g/mol. The monoisotopic (exact) mass is 343 g/mol. The molecule has 2 rings (SSSR count). The van der Waals surface area contributed by atoms with E-state index in [0.717, 1.165) is 8.81 Å². The molecule has 0 saturated heterocycles. The highest BCUT2D eigenvalue weighted by molar-refractivity contribution is 9.10. The van der Waals surface area contributed by atoms with Crippen molar-refractivity contribution in [2.24, 2.45) is 0 Å². The number of thiophene rings is 1. The van der Waals surface area contributed by atoms with Crippen molar-refractivity contribution in [1.29, 1.82) is 0 Å². The smallest absolute Gasteiger partial charge is 0.0931 e. The van der Waals surface area contributed by atoms with Crippen LogP contribution >= 0.6 is 38.9 Å². The Bertz CT molecular complexity index is 526. The molecule has 1 aromatic heterocycles. The van der Waals surface area contributed by atoms with Gasteiger partial charge in [0.05, 0.1) is 4.34 Å². The van der Waals surface area contributed by atoms with Crippen molar-refractivity contribution in [2.75, 3.05) is 0 Å². The maximum absolute atomic E-state index is 5.97. The average molecular weight is 345 g/mol. The fourth-order valence-corrected chi connectivity index (χ4v) is 3.63. The van der Waals surface area contributed by atoms with E-state index in [2.05, 4.69) is 59.4 Å². The van der Waals surface area contributed by atoms with Crippen LogP contribution in [0.2, 0.25) is 4.34 Å². The van der Waals surface area contributed by atoms with Crippen molar-refractivity contribution in [3.63, 3.8) is 0 Å². The van der Waals surface area contributed by atoms with Gasteiger partial charge >= 0.3 is 0 Å². The van der Waals surface area contributed by atoms with Crippen LogP contribution in [0.3, 0.4) is 0 Å². The molecule has 1 N–H and O–H groups in total. The van der Waals surface area contributed by atoms with Crippen LogP contribution in [-0.4, -0.2) is 0 Å². The summed E-state index contributed by atoms with van der Waals surface area (Å²) in [6, 6.07) is 12.9. The summed E-state index contributed by atoms with van der Waals surface area (Å²) in [5.74, 6) is 0. The Morgan fingerprint density at radius 3 is 2.44 bits per heavy atom. The fourth-order valence-electron chi connectivity index (χ4n) is 1.93. The van der Waals surface area contributed by atoms with Crippen molar-refractivity contribution < 1.29 is 0 Å². The quantitative estimate of drug-likeness (QED) is 0.764. The highest BCUT2D eigenvalue weighted by atomic mass is 79.9. The van der Waals surface area contributed by atoms with Crippen LogP contribution in [0.4, 0.5) is 0 Å². The topological polar surface area (TPSA) is 12.0 Å². The largest absolute Gasteiger partial charge is 0.303 e. The summed E-state index contributed by atoms with van der Waals surface area (Å²) in [5.41, 5.74) is 1.27. The Morgan fingerprint density at radius 1 is 1.11 bits per heavy atom. The molecule has 0 radical (unpaired) electrons. The average Bonchev–Trinajstić information content (AvgIpc) is 2.76. The zero-order chi connectivity index (χ0) is 13.1. The molecule has 0 bridgehead atoms. The van der Waals surface area contributed by atoms with E-state index in [4.69, 9.17) is 11.6 Å². The number of nitrogens with one attached hydrogen (secondary N) is 1. The third-order valence-corrected chi connectivity index (χ3v) is 5.03. The van der Waals surface area contributed by atoms with Gasteiger partial charge in [-0.3, -0.25) is 0 Å². The highest BCUT2D eigenvalue weighted by Crippen LogP contribution is 2.30. The van der Waals surface area contributed by atoms with Crippen molar-refractivity contribution in [2.45, 2.75) is 25.9 Å². The summed E-state index contributed by atoms with van der Waals surface area (Å²) in [7, 11) is 0. The molecular formula is C14H15BrClNS. The lowest BCUT2D eigenvalue weighted by Crippen LogP contribution is -2.22. The second kappa shape index (κ2) is 6.20. The van der Waals surface area contributed by atoms with Gasteiger partial charge in [-0.05, 0) is 37.6 Å². The van der Waals surface area contributed by atoms with Crippen molar-refractivity contribution in [1.82, 2.24) is 5.32 Å². The maximum Gasteiger partial charge on any atom is 0.0931 e. The maximum atomic E-state index is 5.97. The van der Waals surface area contributed by atoms with Crippen molar-refractivity contribution in [3.05, 3.63) is 55.6 Å². The van der Waals surface area contributed by atoms with Gasteiger partial charge in [-0.2, -0.15) is 0 Å². The zero-order valence-corrected chi connectivity index (χ0v) is 13.4. The molecule has 96 valence electrons. The van der Waals surface area contributed by atoms with Crippen LogP contribution < -0.4 is 5.32 Å². The van der Waals surface area contributed by atoms with Gasteiger partial charge in [-0.25, -0.2) is 0 Å². The van der Waals surface area contributed by atoms with Crippen molar-refractivity contribution in [3.8, 4) is 0 Å². The molecule has 0 saturated carbocycles. The summed E-state index contributed by atoms with van der Waals surface area (Å²) >= 11 is 11.2. The molecule has 1 heterocycles. The number of hydrogen-bond donors (Lipinski definition) is 1. The summed E-state index contributed by atoms with van der Waals surface area (Å²) in [4.78, 5) is 1.26. The summed E-state index contributed by atoms with van der Waals surface area (Å²) < 4.78 is 1.98. The molecule has 1 nitrogen and oxygen atoms in total. The van der Waals surface area contributed by atoms with Crippen LogP contribution in [0.1, 0.15) is 36.4 Å². The Morgan fingerprint density at radius 2 is 1.83 bits per heavy atom. The predicted octanol–water partition coefficient (Wildman–Crippen LogP) is 5.58. The minimum Gasteiger partial charge on any atom is -0.303 e. The Labute approximate surface area is 125 Å². The molecule has 2 aromatic rings. The molecule has 0 aliphatic carbocycles. The van der Waals surface area contributed by atoms with Gasteiger partial charge in [0.15, 0.2) is 0 Å². The number of halogens is 2. The first-order valence-electron chi connectivity index (χ1n) is 5.83. The molecule has 0 amide bonds. The molecule has 1 unspecified atom stereocenters. The van der Waals surface area contributed by atoms with E-state index in [0.29, 0.717) is 6.04 Å². The molecule has 1 aromatic carbocycles.